The van der Waals surface area contributed by atoms with Crippen molar-refractivity contribution in [2.24, 2.45) is 0 Å². The molecule has 0 spiro atoms. The number of halogens is 1. The molecule has 0 aromatic carbocycles. The molecule has 0 fully saturated rings. The minimum absolute atomic E-state index is 0.513. The van der Waals surface area contributed by atoms with E-state index < -0.39 is 16.0 Å². The first-order valence-electron chi connectivity index (χ1n) is 3.30. The average Bonchev–Trinajstić information content (AvgIpc) is 1.85. The van der Waals surface area contributed by atoms with Crippen molar-refractivity contribution >= 4 is 10.2 Å². The molecule has 1 heterocycles. The highest BCUT2D eigenvalue weighted by Crippen LogP contribution is 2.14. The summed E-state index contributed by atoms with van der Waals surface area (Å²) < 4.78 is 37.2. The normalized spacial score (nSPS) is 18.8. The summed E-state index contributed by atoms with van der Waals surface area (Å²) in [4.78, 5) is 0. The van der Waals surface area contributed by atoms with Crippen molar-refractivity contribution in [3.8, 4) is 0 Å². The Labute approximate surface area is 65.1 Å². The van der Waals surface area contributed by atoms with Gasteiger partial charge in [0.05, 0.1) is 12.9 Å². The Bertz CT molecular complexity index is 255. The van der Waals surface area contributed by atoms with Gasteiger partial charge < -0.3 is 4.74 Å². The highest BCUT2D eigenvalue weighted by Gasteiger charge is 2.13. The zero-order chi connectivity index (χ0) is 8.32. The molecule has 0 atom stereocenters. The van der Waals surface area contributed by atoms with Crippen LogP contribution in [0.15, 0.2) is 11.8 Å². The zero-order valence-corrected chi connectivity index (χ0v) is 6.73. The molecule has 1 rings (SSSR count). The van der Waals surface area contributed by atoms with Gasteiger partial charge in [0.2, 0.25) is 0 Å². The molecule has 5 heteroatoms. The third kappa shape index (κ3) is 3.36. The molecule has 0 unspecified atom stereocenters. The second kappa shape index (κ2) is 3.21. The third-order valence-corrected chi connectivity index (χ3v) is 2.08. The van der Waals surface area contributed by atoms with Crippen LogP contribution in [0.5, 0.6) is 0 Å². The van der Waals surface area contributed by atoms with Crippen LogP contribution in [-0.2, 0) is 15.0 Å². The topological polar surface area (TPSA) is 43.4 Å². The second-order valence-electron chi connectivity index (χ2n) is 2.43. The monoisotopic (exact) mass is 180 g/mol. The standard InChI is InChI=1S/C6H9FO3S/c7-11(8,9)5-6-2-1-3-10-4-6/h4H,1-3,5H2. The smallest absolute Gasteiger partial charge is 0.306 e. The Balaban J connectivity index is 2.55. The molecule has 0 saturated carbocycles. The van der Waals surface area contributed by atoms with Gasteiger partial charge in [-0.25, -0.2) is 0 Å². The molecule has 11 heavy (non-hydrogen) atoms. The number of hydrogen-bond donors (Lipinski definition) is 0. The van der Waals surface area contributed by atoms with Gasteiger partial charge in [0.25, 0.3) is 0 Å². The van der Waals surface area contributed by atoms with Crippen molar-refractivity contribution in [2.45, 2.75) is 12.8 Å². The van der Waals surface area contributed by atoms with E-state index >= 15 is 0 Å². The van der Waals surface area contributed by atoms with Crippen LogP contribution in [0.1, 0.15) is 12.8 Å². The first kappa shape index (κ1) is 8.52. The van der Waals surface area contributed by atoms with Crippen molar-refractivity contribution in [3.63, 3.8) is 0 Å². The van der Waals surface area contributed by atoms with Crippen LogP contribution in [-0.4, -0.2) is 20.8 Å². The van der Waals surface area contributed by atoms with Crippen molar-refractivity contribution in [2.75, 3.05) is 12.4 Å². The number of ether oxygens (including phenoxy) is 1. The van der Waals surface area contributed by atoms with Crippen LogP contribution in [0.2, 0.25) is 0 Å². The Hall–Kier alpha value is -0.580. The van der Waals surface area contributed by atoms with Crippen LogP contribution >= 0.6 is 0 Å². The van der Waals surface area contributed by atoms with E-state index in [0.29, 0.717) is 18.6 Å². The van der Waals surface area contributed by atoms with Crippen LogP contribution in [0.3, 0.4) is 0 Å². The fraction of sp³-hybridized carbons (Fsp3) is 0.667. The number of rotatable bonds is 2. The van der Waals surface area contributed by atoms with Gasteiger partial charge in [0.15, 0.2) is 0 Å². The zero-order valence-electron chi connectivity index (χ0n) is 5.92. The number of hydrogen-bond acceptors (Lipinski definition) is 3. The molecule has 0 saturated heterocycles. The SMILES string of the molecule is O=S(=O)(F)CC1=COCCC1. The molecule has 1 aliphatic heterocycles. The average molecular weight is 180 g/mol. The Morgan fingerprint density at radius 2 is 2.36 bits per heavy atom. The van der Waals surface area contributed by atoms with E-state index in [1.165, 1.54) is 6.26 Å². The lowest BCUT2D eigenvalue weighted by atomic mass is 10.2. The molecule has 0 aliphatic carbocycles. The molecule has 0 aromatic rings. The lowest BCUT2D eigenvalue weighted by Crippen LogP contribution is -2.07. The molecule has 0 bridgehead atoms. The van der Waals surface area contributed by atoms with Gasteiger partial charge in [-0.2, -0.15) is 8.42 Å². The quantitative estimate of drug-likeness (QED) is 0.595. The summed E-state index contributed by atoms with van der Waals surface area (Å²) >= 11 is 0. The Kier molecular flexibility index (Phi) is 2.49. The van der Waals surface area contributed by atoms with E-state index in [0.717, 1.165) is 6.42 Å². The summed E-state index contributed by atoms with van der Waals surface area (Å²) in [5.41, 5.74) is 0.513. The molecule has 0 amide bonds. The maximum Gasteiger partial charge on any atom is 0.306 e. The van der Waals surface area contributed by atoms with Gasteiger partial charge in [0.1, 0.15) is 5.75 Å². The van der Waals surface area contributed by atoms with E-state index in [4.69, 9.17) is 4.74 Å². The van der Waals surface area contributed by atoms with Crippen molar-refractivity contribution < 1.29 is 17.0 Å². The van der Waals surface area contributed by atoms with Gasteiger partial charge in [-0.05, 0) is 18.4 Å². The van der Waals surface area contributed by atoms with E-state index in [2.05, 4.69) is 0 Å². The second-order valence-corrected chi connectivity index (χ2v) is 3.80. The Morgan fingerprint density at radius 1 is 1.64 bits per heavy atom. The molecule has 0 aromatic heterocycles. The van der Waals surface area contributed by atoms with E-state index in [9.17, 15) is 12.3 Å². The van der Waals surface area contributed by atoms with Crippen LogP contribution in [0, 0.1) is 0 Å². The molecule has 1 aliphatic rings. The fourth-order valence-electron chi connectivity index (χ4n) is 0.946. The molecular formula is C6H9FO3S. The van der Waals surface area contributed by atoms with Crippen LogP contribution in [0.4, 0.5) is 3.89 Å². The van der Waals surface area contributed by atoms with Gasteiger partial charge >= 0.3 is 10.2 Å². The first-order chi connectivity index (χ1) is 5.08. The summed E-state index contributed by atoms with van der Waals surface area (Å²) in [6.07, 6.45) is 2.71. The lowest BCUT2D eigenvalue weighted by molar-refractivity contribution is 0.225. The van der Waals surface area contributed by atoms with Crippen molar-refractivity contribution in [1.29, 1.82) is 0 Å². The van der Waals surface area contributed by atoms with Gasteiger partial charge in [0, 0.05) is 0 Å². The fourth-order valence-corrected chi connectivity index (χ4v) is 1.60. The van der Waals surface area contributed by atoms with Crippen LogP contribution in [0.25, 0.3) is 0 Å². The maximum atomic E-state index is 12.0. The molecular weight excluding hydrogens is 171 g/mol. The Morgan fingerprint density at radius 3 is 2.82 bits per heavy atom. The summed E-state index contributed by atoms with van der Waals surface area (Å²) in [5.74, 6) is -0.521. The summed E-state index contributed by atoms with van der Waals surface area (Å²) in [7, 11) is -4.37. The predicted octanol–water partition coefficient (Wildman–Crippen LogP) is 0.980. The minimum Gasteiger partial charge on any atom is -0.501 e. The summed E-state index contributed by atoms with van der Waals surface area (Å²) in [6, 6.07) is 0. The molecule has 0 radical (unpaired) electrons. The minimum atomic E-state index is -4.37. The van der Waals surface area contributed by atoms with Crippen molar-refractivity contribution in [3.05, 3.63) is 11.8 Å². The van der Waals surface area contributed by atoms with E-state index in [1.54, 1.807) is 0 Å². The summed E-state index contributed by atoms with van der Waals surface area (Å²) in [6.45, 7) is 0.593. The largest absolute Gasteiger partial charge is 0.501 e. The van der Waals surface area contributed by atoms with Gasteiger partial charge in [-0.1, -0.05) is 0 Å². The highest BCUT2D eigenvalue weighted by atomic mass is 32.3. The summed E-state index contributed by atoms with van der Waals surface area (Å²) in [5, 5.41) is 0. The van der Waals surface area contributed by atoms with Crippen molar-refractivity contribution in [1.82, 2.24) is 0 Å². The van der Waals surface area contributed by atoms with Crippen LogP contribution < -0.4 is 0 Å². The molecule has 64 valence electrons. The highest BCUT2D eigenvalue weighted by molar-refractivity contribution is 7.86. The van der Waals surface area contributed by atoms with E-state index in [-0.39, 0.29) is 0 Å². The predicted molar refractivity (Wildman–Crippen MR) is 38.2 cm³/mol. The van der Waals surface area contributed by atoms with Gasteiger partial charge in [-0.15, -0.1) is 3.89 Å². The molecule has 3 nitrogen and oxygen atoms in total. The van der Waals surface area contributed by atoms with E-state index in [1.807, 2.05) is 0 Å². The maximum absolute atomic E-state index is 12.0. The lowest BCUT2D eigenvalue weighted by Gasteiger charge is -2.11. The first-order valence-corrected chi connectivity index (χ1v) is 4.85. The molecule has 0 N–H and O–H groups in total. The van der Waals surface area contributed by atoms with Gasteiger partial charge in [-0.3, -0.25) is 0 Å². The third-order valence-electron chi connectivity index (χ3n) is 1.37.